The Morgan fingerprint density at radius 1 is 1.18 bits per heavy atom. The number of halogens is 1. The van der Waals surface area contributed by atoms with E-state index >= 15 is 0 Å². The number of ether oxygens (including phenoxy) is 2. The highest BCUT2D eigenvalue weighted by molar-refractivity contribution is 6.47. The maximum absolute atomic E-state index is 13.4. The average Bonchev–Trinajstić information content (AvgIpc) is 3.26. The lowest BCUT2D eigenvalue weighted by Crippen LogP contribution is -2.31. The third-order valence-corrected chi connectivity index (χ3v) is 6.43. The van der Waals surface area contributed by atoms with Gasteiger partial charge in [-0.15, -0.1) is 0 Å². The summed E-state index contributed by atoms with van der Waals surface area (Å²) in [6, 6.07) is 10.3. The van der Waals surface area contributed by atoms with Crippen LogP contribution in [0, 0.1) is 13.8 Å². The van der Waals surface area contributed by atoms with Crippen molar-refractivity contribution >= 4 is 40.0 Å². The number of Topliss-reactive ketones (excluding diaryl/α,β-unsaturated/α-hetero) is 1. The Labute approximate surface area is 202 Å². The van der Waals surface area contributed by atoms with Crippen LogP contribution >= 0.6 is 11.6 Å². The number of carbonyl (C=O) groups is 2. The Hall–Kier alpha value is -3.29. The van der Waals surface area contributed by atoms with Gasteiger partial charge < -0.3 is 24.5 Å². The highest BCUT2D eigenvalue weighted by atomic mass is 35.5. The minimum absolute atomic E-state index is 0.00948. The van der Waals surface area contributed by atoms with E-state index in [1.807, 2.05) is 38.1 Å². The highest BCUT2D eigenvalue weighted by Crippen LogP contribution is 2.45. The molecule has 1 aliphatic heterocycles. The quantitative estimate of drug-likeness (QED) is 0.216. The van der Waals surface area contributed by atoms with E-state index in [1.165, 1.54) is 12.0 Å². The van der Waals surface area contributed by atoms with Crippen molar-refractivity contribution in [3.8, 4) is 5.75 Å². The third kappa shape index (κ3) is 3.95. The number of aromatic amines is 1. The second-order valence-electron chi connectivity index (χ2n) is 8.38. The standard InChI is InChI=1S/C26H27ClN2O5/c1-14-12-17(25(34-4)18(27)13-14)23(30)21-22(29(10-7-11-33-3)26(32)24(21)31)20-15(2)28-19-9-6-5-8-16(19)20/h5-6,8-9,12-13,22,28,30H,7,10-11H2,1-4H3/b23-21+. The molecule has 3 aromatic rings. The Bertz CT molecular complexity index is 1310. The number of amides is 1. The van der Waals surface area contributed by atoms with Gasteiger partial charge in [-0.25, -0.2) is 0 Å². The zero-order valence-electron chi connectivity index (χ0n) is 19.6. The summed E-state index contributed by atoms with van der Waals surface area (Å²) >= 11 is 6.36. The Balaban J connectivity index is 1.99. The number of hydrogen-bond donors (Lipinski definition) is 2. The predicted molar refractivity (Wildman–Crippen MR) is 131 cm³/mol. The molecule has 1 saturated heterocycles. The number of nitrogens with one attached hydrogen (secondary N) is 1. The molecule has 1 amide bonds. The maximum Gasteiger partial charge on any atom is 0.295 e. The summed E-state index contributed by atoms with van der Waals surface area (Å²) in [5.74, 6) is -1.48. The molecule has 178 valence electrons. The largest absolute Gasteiger partial charge is 0.507 e. The number of aliphatic hydroxyl groups excluding tert-OH is 1. The van der Waals surface area contributed by atoms with Crippen LogP contribution in [0.1, 0.15) is 34.8 Å². The monoisotopic (exact) mass is 482 g/mol. The first-order valence-electron chi connectivity index (χ1n) is 11.0. The number of benzene rings is 2. The number of aromatic nitrogens is 1. The third-order valence-electron chi connectivity index (χ3n) is 6.15. The predicted octanol–water partition coefficient (Wildman–Crippen LogP) is 4.90. The second-order valence-corrected chi connectivity index (χ2v) is 8.78. The summed E-state index contributed by atoms with van der Waals surface area (Å²) in [4.78, 5) is 31.4. The summed E-state index contributed by atoms with van der Waals surface area (Å²) in [7, 11) is 3.03. The second kappa shape index (κ2) is 9.52. The van der Waals surface area contributed by atoms with Crippen LogP contribution in [0.2, 0.25) is 5.02 Å². The molecule has 0 spiro atoms. The molecule has 0 saturated carbocycles. The van der Waals surface area contributed by atoms with Crippen LogP contribution in [0.5, 0.6) is 5.75 Å². The SMILES string of the molecule is COCCCN1C(=O)C(=O)/C(=C(/O)c2cc(C)cc(Cl)c2OC)C1c1c(C)[nH]c2ccccc12. The van der Waals surface area contributed by atoms with Gasteiger partial charge in [-0.05, 0) is 44.0 Å². The number of carbonyl (C=O) groups excluding carboxylic acids is 2. The normalized spacial score (nSPS) is 17.7. The molecular formula is C26H27ClN2O5. The van der Waals surface area contributed by atoms with Gasteiger partial charge in [0.1, 0.15) is 11.5 Å². The van der Waals surface area contributed by atoms with Gasteiger partial charge in [0.25, 0.3) is 11.7 Å². The Morgan fingerprint density at radius 2 is 1.91 bits per heavy atom. The molecule has 7 nitrogen and oxygen atoms in total. The van der Waals surface area contributed by atoms with Crippen LogP contribution in [0.3, 0.4) is 0 Å². The Morgan fingerprint density at radius 3 is 2.62 bits per heavy atom. The molecule has 34 heavy (non-hydrogen) atoms. The van der Waals surface area contributed by atoms with Crippen molar-refractivity contribution < 1.29 is 24.2 Å². The first-order chi connectivity index (χ1) is 16.3. The van der Waals surface area contributed by atoms with Crippen molar-refractivity contribution in [3.63, 3.8) is 0 Å². The van der Waals surface area contributed by atoms with Crippen LogP contribution in [0.25, 0.3) is 16.7 Å². The van der Waals surface area contributed by atoms with Gasteiger partial charge in [-0.1, -0.05) is 29.8 Å². The van der Waals surface area contributed by atoms with Gasteiger partial charge in [0, 0.05) is 42.4 Å². The molecule has 2 N–H and O–H groups in total. The molecule has 1 unspecified atom stereocenters. The number of methoxy groups -OCH3 is 2. The zero-order valence-corrected chi connectivity index (χ0v) is 20.3. The first kappa shape index (κ1) is 23.9. The molecule has 1 atom stereocenters. The summed E-state index contributed by atoms with van der Waals surface area (Å²) in [6.45, 7) is 4.45. The number of nitrogens with zero attached hydrogens (tertiary/aromatic N) is 1. The molecule has 2 aromatic carbocycles. The van der Waals surface area contributed by atoms with E-state index < -0.39 is 17.7 Å². The molecule has 0 aliphatic carbocycles. The van der Waals surface area contributed by atoms with Crippen molar-refractivity contribution in [1.82, 2.24) is 9.88 Å². The number of aryl methyl sites for hydroxylation is 2. The molecule has 1 aliphatic rings. The summed E-state index contributed by atoms with van der Waals surface area (Å²) in [5.41, 5.74) is 3.52. The highest BCUT2D eigenvalue weighted by Gasteiger charge is 2.47. The number of rotatable bonds is 7. The number of aliphatic hydroxyl groups is 1. The smallest absolute Gasteiger partial charge is 0.295 e. The average molecular weight is 483 g/mol. The van der Waals surface area contributed by atoms with Gasteiger partial charge in [0.15, 0.2) is 0 Å². The Kier molecular flexibility index (Phi) is 6.68. The van der Waals surface area contributed by atoms with Crippen molar-refractivity contribution in [1.29, 1.82) is 0 Å². The summed E-state index contributed by atoms with van der Waals surface area (Å²) in [5, 5.41) is 12.7. The van der Waals surface area contributed by atoms with Crippen molar-refractivity contribution in [2.45, 2.75) is 26.3 Å². The lowest BCUT2D eigenvalue weighted by Gasteiger charge is -2.26. The van der Waals surface area contributed by atoms with Crippen molar-refractivity contribution in [3.05, 3.63) is 69.4 Å². The van der Waals surface area contributed by atoms with Crippen LogP contribution in [-0.4, -0.2) is 54.1 Å². The van der Waals surface area contributed by atoms with Crippen LogP contribution < -0.4 is 4.74 Å². The van der Waals surface area contributed by atoms with E-state index in [-0.39, 0.29) is 22.6 Å². The fourth-order valence-electron chi connectivity index (χ4n) is 4.70. The van der Waals surface area contributed by atoms with Crippen LogP contribution in [-0.2, 0) is 14.3 Å². The van der Waals surface area contributed by atoms with E-state index in [1.54, 1.807) is 19.2 Å². The maximum atomic E-state index is 13.4. The van der Waals surface area contributed by atoms with Gasteiger partial charge in [0.2, 0.25) is 0 Å². The molecular weight excluding hydrogens is 456 g/mol. The number of hydrogen-bond acceptors (Lipinski definition) is 5. The topological polar surface area (TPSA) is 91.9 Å². The van der Waals surface area contributed by atoms with Gasteiger partial charge in [-0.3, -0.25) is 9.59 Å². The van der Waals surface area contributed by atoms with E-state index in [0.29, 0.717) is 24.6 Å². The minimum atomic E-state index is -0.781. The van der Waals surface area contributed by atoms with E-state index in [9.17, 15) is 14.7 Å². The minimum Gasteiger partial charge on any atom is -0.507 e. The molecule has 2 heterocycles. The molecule has 8 heteroatoms. The van der Waals surface area contributed by atoms with Gasteiger partial charge in [0.05, 0.1) is 29.3 Å². The van der Waals surface area contributed by atoms with E-state index in [0.717, 1.165) is 27.7 Å². The molecule has 0 radical (unpaired) electrons. The van der Waals surface area contributed by atoms with Crippen molar-refractivity contribution in [2.24, 2.45) is 0 Å². The fourth-order valence-corrected chi connectivity index (χ4v) is 5.05. The number of H-pyrrole nitrogens is 1. The zero-order chi connectivity index (χ0) is 24.6. The number of ketones is 1. The fraction of sp³-hybridized carbons (Fsp3) is 0.308. The molecule has 1 fully saturated rings. The first-order valence-corrected chi connectivity index (χ1v) is 11.4. The lowest BCUT2D eigenvalue weighted by atomic mass is 9.92. The van der Waals surface area contributed by atoms with E-state index in [2.05, 4.69) is 4.98 Å². The molecule has 0 bridgehead atoms. The lowest BCUT2D eigenvalue weighted by molar-refractivity contribution is -0.140. The number of para-hydroxylation sites is 1. The van der Waals surface area contributed by atoms with Crippen LogP contribution in [0.4, 0.5) is 0 Å². The summed E-state index contributed by atoms with van der Waals surface area (Å²) in [6.07, 6.45) is 0.543. The van der Waals surface area contributed by atoms with Gasteiger partial charge >= 0.3 is 0 Å². The van der Waals surface area contributed by atoms with E-state index in [4.69, 9.17) is 21.1 Å². The number of likely N-dealkylation sites (tertiary alicyclic amines) is 1. The molecule has 4 rings (SSSR count). The molecule has 1 aromatic heterocycles. The summed E-state index contributed by atoms with van der Waals surface area (Å²) < 4.78 is 10.6. The number of fused-ring (bicyclic) bond motifs is 1. The van der Waals surface area contributed by atoms with Crippen LogP contribution in [0.15, 0.2) is 42.0 Å². The van der Waals surface area contributed by atoms with Crippen molar-refractivity contribution in [2.75, 3.05) is 27.4 Å². The van der Waals surface area contributed by atoms with Gasteiger partial charge in [-0.2, -0.15) is 0 Å².